The van der Waals surface area contributed by atoms with Crippen molar-refractivity contribution >= 4 is 5.91 Å². The number of H-pyrrole nitrogens is 1. The summed E-state index contributed by atoms with van der Waals surface area (Å²) in [6.45, 7) is 2.84. The van der Waals surface area contributed by atoms with Crippen LogP contribution in [0.25, 0.3) is 0 Å². The van der Waals surface area contributed by atoms with Gasteiger partial charge in [0.15, 0.2) is 0 Å². The number of aliphatic hydroxyl groups excluding tert-OH is 1. The first-order valence-electron chi connectivity index (χ1n) is 8.37. The normalized spacial score (nSPS) is 21.0. The van der Waals surface area contributed by atoms with Crippen molar-refractivity contribution in [3.8, 4) is 0 Å². The minimum atomic E-state index is -0.431. The summed E-state index contributed by atoms with van der Waals surface area (Å²) in [6, 6.07) is 11.2. The maximum atomic E-state index is 13.0. The number of hydrogen-bond acceptors (Lipinski definition) is 4. The molecular formula is C18H23N3O3. The predicted molar refractivity (Wildman–Crippen MR) is 89.6 cm³/mol. The zero-order valence-corrected chi connectivity index (χ0v) is 13.8. The van der Waals surface area contributed by atoms with Crippen LogP contribution in [-0.4, -0.2) is 52.0 Å². The van der Waals surface area contributed by atoms with Gasteiger partial charge in [0.1, 0.15) is 11.8 Å². The van der Waals surface area contributed by atoms with E-state index in [9.17, 15) is 9.90 Å². The smallest absolute Gasteiger partial charge is 0.275 e. The second-order valence-corrected chi connectivity index (χ2v) is 5.97. The van der Waals surface area contributed by atoms with Crippen LogP contribution in [0.4, 0.5) is 0 Å². The summed E-state index contributed by atoms with van der Waals surface area (Å²) in [5, 5.41) is 16.8. The number of aliphatic hydroxyl groups is 1. The van der Waals surface area contributed by atoms with Crippen LogP contribution in [0, 0.1) is 0 Å². The van der Waals surface area contributed by atoms with E-state index >= 15 is 0 Å². The summed E-state index contributed by atoms with van der Waals surface area (Å²) < 4.78 is 5.68. The lowest BCUT2D eigenvalue weighted by molar-refractivity contribution is -0.0812. The number of aryl methyl sites for hydroxylation is 1. The first-order valence-corrected chi connectivity index (χ1v) is 8.37. The van der Waals surface area contributed by atoms with Crippen molar-refractivity contribution in [3.05, 3.63) is 53.3 Å². The topological polar surface area (TPSA) is 78.5 Å². The Hall–Kier alpha value is -2.18. The first-order chi connectivity index (χ1) is 11.7. The zero-order chi connectivity index (χ0) is 16.9. The summed E-state index contributed by atoms with van der Waals surface area (Å²) in [6.07, 6.45) is 1.43. The summed E-state index contributed by atoms with van der Waals surface area (Å²) >= 11 is 0. The average Bonchev–Trinajstić information content (AvgIpc) is 3.10. The van der Waals surface area contributed by atoms with Crippen LogP contribution in [0.1, 0.15) is 41.1 Å². The van der Waals surface area contributed by atoms with Crippen molar-refractivity contribution in [3.63, 3.8) is 0 Å². The molecule has 0 spiro atoms. The van der Waals surface area contributed by atoms with E-state index in [2.05, 4.69) is 17.1 Å². The summed E-state index contributed by atoms with van der Waals surface area (Å²) in [5.41, 5.74) is 2.33. The third kappa shape index (κ3) is 3.34. The SMILES string of the molecule is CCCc1cc(C(=O)N2CCOC(CO)C2c2ccccc2)n[nH]1. The summed E-state index contributed by atoms with van der Waals surface area (Å²) in [7, 11) is 0. The lowest BCUT2D eigenvalue weighted by Crippen LogP contribution is -2.49. The van der Waals surface area contributed by atoms with Gasteiger partial charge in [-0.05, 0) is 18.1 Å². The molecule has 128 valence electrons. The fourth-order valence-electron chi connectivity index (χ4n) is 3.17. The number of carbonyl (C=O) groups is 1. The molecule has 6 nitrogen and oxygen atoms in total. The molecule has 24 heavy (non-hydrogen) atoms. The third-order valence-electron chi connectivity index (χ3n) is 4.30. The molecule has 0 radical (unpaired) electrons. The lowest BCUT2D eigenvalue weighted by atomic mass is 9.98. The molecule has 1 saturated heterocycles. The van der Waals surface area contributed by atoms with Gasteiger partial charge in [0.05, 0.1) is 19.3 Å². The molecule has 6 heteroatoms. The van der Waals surface area contributed by atoms with Gasteiger partial charge >= 0.3 is 0 Å². The van der Waals surface area contributed by atoms with Crippen LogP contribution in [0.3, 0.4) is 0 Å². The molecule has 3 rings (SSSR count). The van der Waals surface area contributed by atoms with E-state index < -0.39 is 6.10 Å². The van der Waals surface area contributed by atoms with Crippen molar-refractivity contribution in [2.24, 2.45) is 0 Å². The van der Waals surface area contributed by atoms with E-state index in [4.69, 9.17) is 4.74 Å². The molecule has 0 aliphatic carbocycles. The molecule has 2 N–H and O–H groups in total. The van der Waals surface area contributed by atoms with Gasteiger partial charge in [-0.15, -0.1) is 0 Å². The van der Waals surface area contributed by atoms with E-state index in [0.29, 0.717) is 18.8 Å². The molecule has 1 fully saturated rings. The predicted octanol–water partition coefficient (Wildman–Crippen LogP) is 1.94. The van der Waals surface area contributed by atoms with E-state index in [0.717, 1.165) is 24.1 Å². The Bertz CT molecular complexity index is 671. The zero-order valence-electron chi connectivity index (χ0n) is 13.8. The van der Waals surface area contributed by atoms with Crippen molar-refractivity contribution in [1.82, 2.24) is 15.1 Å². The number of rotatable bonds is 5. The average molecular weight is 329 g/mol. The second-order valence-electron chi connectivity index (χ2n) is 5.97. The number of hydrogen-bond donors (Lipinski definition) is 2. The fourth-order valence-corrected chi connectivity index (χ4v) is 3.17. The number of nitrogens with zero attached hydrogens (tertiary/aromatic N) is 2. The van der Waals surface area contributed by atoms with Gasteiger partial charge in [0, 0.05) is 12.2 Å². The molecule has 1 amide bonds. The Kier molecular flexibility index (Phi) is 5.27. The Labute approximate surface area is 141 Å². The fraction of sp³-hybridized carbons (Fsp3) is 0.444. The number of aromatic amines is 1. The number of ether oxygens (including phenoxy) is 1. The molecular weight excluding hydrogens is 306 g/mol. The number of nitrogens with one attached hydrogen (secondary N) is 1. The Morgan fingerprint density at radius 2 is 2.21 bits per heavy atom. The maximum Gasteiger partial charge on any atom is 0.275 e. The highest BCUT2D eigenvalue weighted by molar-refractivity contribution is 5.92. The minimum absolute atomic E-state index is 0.134. The van der Waals surface area contributed by atoms with Gasteiger partial charge < -0.3 is 14.7 Å². The molecule has 2 aromatic rings. The van der Waals surface area contributed by atoms with Crippen LogP contribution in [0.15, 0.2) is 36.4 Å². The van der Waals surface area contributed by atoms with Gasteiger partial charge in [-0.2, -0.15) is 5.10 Å². The molecule has 1 aromatic carbocycles. The van der Waals surface area contributed by atoms with Crippen molar-refractivity contribution < 1.29 is 14.6 Å². The van der Waals surface area contributed by atoms with E-state index in [1.807, 2.05) is 36.4 Å². The molecule has 0 bridgehead atoms. The van der Waals surface area contributed by atoms with Crippen LogP contribution in [0.5, 0.6) is 0 Å². The molecule has 1 aliphatic rings. The van der Waals surface area contributed by atoms with E-state index in [1.165, 1.54) is 0 Å². The molecule has 2 heterocycles. The quantitative estimate of drug-likeness (QED) is 0.879. The van der Waals surface area contributed by atoms with Gasteiger partial charge in [-0.3, -0.25) is 9.89 Å². The molecule has 1 aliphatic heterocycles. The Morgan fingerprint density at radius 3 is 2.92 bits per heavy atom. The van der Waals surface area contributed by atoms with Gasteiger partial charge in [0.2, 0.25) is 0 Å². The van der Waals surface area contributed by atoms with E-state index in [-0.39, 0.29) is 18.6 Å². The van der Waals surface area contributed by atoms with Gasteiger partial charge in [-0.1, -0.05) is 43.7 Å². The third-order valence-corrected chi connectivity index (χ3v) is 4.30. The lowest BCUT2D eigenvalue weighted by Gasteiger charge is -2.40. The minimum Gasteiger partial charge on any atom is -0.394 e. The van der Waals surface area contributed by atoms with Crippen LogP contribution >= 0.6 is 0 Å². The Morgan fingerprint density at radius 1 is 1.42 bits per heavy atom. The molecule has 2 atom stereocenters. The second kappa shape index (κ2) is 7.59. The Balaban J connectivity index is 1.89. The van der Waals surface area contributed by atoms with Crippen LogP contribution in [0.2, 0.25) is 0 Å². The number of amides is 1. The number of aromatic nitrogens is 2. The highest BCUT2D eigenvalue weighted by Crippen LogP contribution is 2.30. The first kappa shape index (κ1) is 16.7. The van der Waals surface area contributed by atoms with Crippen LogP contribution < -0.4 is 0 Å². The van der Waals surface area contributed by atoms with Gasteiger partial charge in [0.25, 0.3) is 5.91 Å². The van der Waals surface area contributed by atoms with Crippen LogP contribution in [-0.2, 0) is 11.2 Å². The van der Waals surface area contributed by atoms with Crippen molar-refractivity contribution in [2.45, 2.75) is 31.9 Å². The maximum absolute atomic E-state index is 13.0. The number of morpholine rings is 1. The highest BCUT2D eigenvalue weighted by atomic mass is 16.5. The molecule has 2 unspecified atom stereocenters. The van der Waals surface area contributed by atoms with E-state index in [1.54, 1.807) is 4.90 Å². The highest BCUT2D eigenvalue weighted by Gasteiger charge is 2.37. The standard InChI is InChI=1S/C18H23N3O3/c1-2-6-14-11-15(20-19-14)18(23)21-9-10-24-16(12-22)17(21)13-7-4-3-5-8-13/h3-5,7-8,11,16-17,22H,2,6,9-10,12H2,1H3,(H,19,20). The number of benzene rings is 1. The summed E-state index contributed by atoms with van der Waals surface area (Å²) in [5.74, 6) is -0.135. The summed E-state index contributed by atoms with van der Waals surface area (Å²) in [4.78, 5) is 14.7. The van der Waals surface area contributed by atoms with Crippen molar-refractivity contribution in [1.29, 1.82) is 0 Å². The molecule has 0 saturated carbocycles. The monoisotopic (exact) mass is 329 g/mol. The number of carbonyl (C=O) groups excluding carboxylic acids is 1. The molecule has 1 aromatic heterocycles. The van der Waals surface area contributed by atoms with Crippen molar-refractivity contribution in [2.75, 3.05) is 19.8 Å². The largest absolute Gasteiger partial charge is 0.394 e. The van der Waals surface area contributed by atoms with Gasteiger partial charge in [-0.25, -0.2) is 0 Å².